The number of ether oxygens (including phenoxy) is 2. The fraction of sp³-hybridized carbons (Fsp3) is 0.333. The maximum atomic E-state index is 5.46. The monoisotopic (exact) mass is 283 g/mol. The average Bonchev–Trinajstić information content (AvgIpc) is 3.00. The molecular formula is C18H21NO2. The second-order valence-corrected chi connectivity index (χ2v) is 5.56. The van der Waals surface area contributed by atoms with Gasteiger partial charge in [0.15, 0.2) is 11.5 Å². The van der Waals surface area contributed by atoms with E-state index in [1.807, 2.05) is 12.1 Å². The highest BCUT2D eigenvalue weighted by Gasteiger charge is 2.18. The summed E-state index contributed by atoms with van der Waals surface area (Å²) in [6.45, 7) is 5.67. The molecule has 1 aliphatic heterocycles. The van der Waals surface area contributed by atoms with Crippen molar-refractivity contribution in [2.24, 2.45) is 0 Å². The number of nitrogens with one attached hydrogen (secondary N) is 1. The first-order valence-corrected chi connectivity index (χ1v) is 7.41. The largest absolute Gasteiger partial charge is 0.454 e. The molecule has 2 aromatic carbocycles. The standard InChI is InChI=1S/C18H21NO2/c1-13(14(2)19-11-15-6-4-3-5-7-15)16-8-9-17-18(10-16)21-12-20-17/h3-10,13-14,19H,11-12H2,1-2H3/t13-,14-/m0/s1. The Morgan fingerprint density at radius 1 is 1.00 bits per heavy atom. The maximum absolute atomic E-state index is 5.46. The van der Waals surface area contributed by atoms with Gasteiger partial charge in [0, 0.05) is 12.6 Å². The molecule has 0 saturated heterocycles. The summed E-state index contributed by atoms with van der Waals surface area (Å²) in [5.41, 5.74) is 2.58. The number of fused-ring (bicyclic) bond motifs is 1. The lowest BCUT2D eigenvalue weighted by molar-refractivity contribution is 0.174. The van der Waals surface area contributed by atoms with Crippen LogP contribution in [-0.4, -0.2) is 12.8 Å². The zero-order valence-corrected chi connectivity index (χ0v) is 12.5. The Kier molecular flexibility index (Phi) is 4.11. The summed E-state index contributed by atoms with van der Waals surface area (Å²) in [4.78, 5) is 0. The number of hydrogen-bond acceptors (Lipinski definition) is 3. The third-order valence-corrected chi connectivity index (χ3v) is 4.14. The molecule has 3 heteroatoms. The molecule has 1 aliphatic rings. The van der Waals surface area contributed by atoms with Crippen molar-refractivity contribution in [1.82, 2.24) is 5.32 Å². The van der Waals surface area contributed by atoms with Crippen molar-refractivity contribution in [2.45, 2.75) is 32.4 Å². The lowest BCUT2D eigenvalue weighted by Gasteiger charge is -2.22. The highest BCUT2D eigenvalue weighted by molar-refractivity contribution is 5.45. The van der Waals surface area contributed by atoms with Crippen LogP contribution < -0.4 is 14.8 Å². The van der Waals surface area contributed by atoms with E-state index in [2.05, 4.69) is 55.6 Å². The minimum absolute atomic E-state index is 0.328. The van der Waals surface area contributed by atoms with Gasteiger partial charge >= 0.3 is 0 Å². The molecule has 2 atom stereocenters. The van der Waals surface area contributed by atoms with E-state index in [4.69, 9.17) is 9.47 Å². The van der Waals surface area contributed by atoms with Gasteiger partial charge in [-0.3, -0.25) is 0 Å². The molecule has 0 bridgehead atoms. The Balaban J connectivity index is 1.63. The average molecular weight is 283 g/mol. The van der Waals surface area contributed by atoms with E-state index < -0.39 is 0 Å². The smallest absolute Gasteiger partial charge is 0.231 e. The van der Waals surface area contributed by atoms with Crippen molar-refractivity contribution < 1.29 is 9.47 Å². The number of rotatable bonds is 5. The highest BCUT2D eigenvalue weighted by atomic mass is 16.7. The van der Waals surface area contributed by atoms with Gasteiger partial charge in [0.1, 0.15) is 0 Å². The molecule has 0 spiro atoms. The Hall–Kier alpha value is -2.00. The first-order chi connectivity index (χ1) is 10.2. The maximum Gasteiger partial charge on any atom is 0.231 e. The van der Waals surface area contributed by atoms with Gasteiger partial charge in [0.05, 0.1) is 0 Å². The van der Waals surface area contributed by atoms with Crippen LogP contribution in [0.5, 0.6) is 11.5 Å². The summed E-state index contributed by atoms with van der Waals surface area (Å²) in [5, 5.41) is 3.59. The molecule has 1 N–H and O–H groups in total. The van der Waals surface area contributed by atoms with Crippen LogP contribution in [-0.2, 0) is 6.54 Å². The van der Waals surface area contributed by atoms with Gasteiger partial charge < -0.3 is 14.8 Å². The van der Waals surface area contributed by atoms with Crippen molar-refractivity contribution in [3.8, 4) is 11.5 Å². The molecule has 0 unspecified atom stereocenters. The molecule has 0 fully saturated rings. The Morgan fingerprint density at radius 2 is 1.76 bits per heavy atom. The Morgan fingerprint density at radius 3 is 2.57 bits per heavy atom. The van der Waals surface area contributed by atoms with Crippen molar-refractivity contribution in [3.05, 3.63) is 59.7 Å². The van der Waals surface area contributed by atoms with Gasteiger partial charge in [-0.1, -0.05) is 43.3 Å². The van der Waals surface area contributed by atoms with Gasteiger partial charge in [0.25, 0.3) is 0 Å². The molecule has 1 heterocycles. The van der Waals surface area contributed by atoms with Crippen LogP contribution in [0.2, 0.25) is 0 Å². The van der Waals surface area contributed by atoms with E-state index in [-0.39, 0.29) is 0 Å². The summed E-state index contributed by atoms with van der Waals surface area (Å²) in [7, 11) is 0. The lowest BCUT2D eigenvalue weighted by atomic mass is 9.94. The van der Waals surface area contributed by atoms with Gasteiger partial charge in [-0.25, -0.2) is 0 Å². The molecular weight excluding hydrogens is 262 g/mol. The van der Waals surface area contributed by atoms with Crippen LogP contribution >= 0.6 is 0 Å². The van der Waals surface area contributed by atoms with Crippen LogP contribution in [0.4, 0.5) is 0 Å². The summed E-state index contributed by atoms with van der Waals surface area (Å²) in [6, 6.07) is 17.1. The van der Waals surface area contributed by atoms with Gasteiger partial charge in [-0.2, -0.15) is 0 Å². The predicted molar refractivity (Wildman–Crippen MR) is 83.7 cm³/mol. The molecule has 2 aromatic rings. The minimum atomic E-state index is 0.328. The molecule has 0 radical (unpaired) electrons. The topological polar surface area (TPSA) is 30.5 Å². The second-order valence-electron chi connectivity index (χ2n) is 5.56. The van der Waals surface area contributed by atoms with Crippen molar-refractivity contribution in [3.63, 3.8) is 0 Å². The second kappa shape index (κ2) is 6.19. The van der Waals surface area contributed by atoms with Gasteiger partial charge in [-0.15, -0.1) is 0 Å². The lowest BCUT2D eigenvalue weighted by Crippen LogP contribution is -2.30. The van der Waals surface area contributed by atoms with Crippen LogP contribution in [0.1, 0.15) is 30.9 Å². The molecule has 0 aliphatic carbocycles. The first-order valence-electron chi connectivity index (χ1n) is 7.41. The summed E-state index contributed by atoms with van der Waals surface area (Å²) < 4.78 is 10.8. The number of hydrogen-bond donors (Lipinski definition) is 1. The third kappa shape index (κ3) is 3.19. The van der Waals surface area contributed by atoms with E-state index in [0.717, 1.165) is 18.0 Å². The molecule has 110 valence electrons. The quantitative estimate of drug-likeness (QED) is 0.907. The Labute approximate surface area is 125 Å². The van der Waals surface area contributed by atoms with Crippen molar-refractivity contribution >= 4 is 0 Å². The summed E-state index contributed by atoms with van der Waals surface area (Å²) >= 11 is 0. The SMILES string of the molecule is C[C@H](NCc1ccccc1)[C@H](C)c1ccc2c(c1)OCO2. The number of benzene rings is 2. The molecule has 3 nitrogen and oxygen atoms in total. The van der Waals surface area contributed by atoms with Gasteiger partial charge in [0.2, 0.25) is 6.79 Å². The first kappa shape index (κ1) is 14.0. The Bertz CT molecular complexity index is 597. The van der Waals surface area contributed by atoms with Crippen molar-refractivity contribution in [1.29, 1.82) is 0 Å². The third-order valence-electron chi connectivity index (χ3n) is 4.14. The van der Waals surface area contributed by atoms with E-state index in [1.165, 1.54) is 11.1 Å². The van der Waals surface area contributed by atoms with E-state index in [1.54, 1.807) is 0 Å². The molecule has 21 heavy (non-hydrogen) atoms. The van der Waals surface area contributed by atoms with Crippen LogP contribution in [0, 0.1) is 0 Å². The predicted octanol–water partition coefficient (Wildman–Crippen LogP) is 3.70. The van der Waals surface area contributed by atoms with Crippen LogP contribution in [0.3, 0.4) is 0 Å². The summed E-state index contributed by atoms with van der Waals surface area (Å²) in [6.07, 6.45) is 0. The van der Waals surface area contributed by atoms with Crippen molar-refractivity contribution in [2.75, 3.05) is 6.79 Å². The molecule has 0 saturated carbocycles. The normalized spacial score (nSPS) is 15.7. The minimum Gasteiger partial charge on any atom is -0.454 e. The fourth-order valence-corrected chi connectivity index (χ4v) is 2.54. The van der Waals surface area contributed by atoms with Gasteiger partial charge in [-0.05, 0) is 36.1 Å². The molecule has 0 amide bonds. The zero-order valence-electron chi connectivity index (χ0n) is 12.5. The summed E-state index contributed by atoms with van der Waals surface area (Å²) in [5.74, 6) is 2.11. The van der Waals surface area contributed by atoms with Crippen LogP contribution in [0.25, 0.3) is 0 Å². The zero-order chi connectivity index (χ0) is 14.7. The van der Waals surface area contributed by atoms with E-state index in [0.29, 0.717) is 18.8 Å². The molecule has 0 aromatic heterocycles. The fourth-order valence-electron chi connectivity index (χ4n) is 2.54. The van der Waals surface area contributed by atoms with Crippen LogP contribution in [0.15, 0.2) is 48.5 Å². The van der Waals surface area contributed by atoms with E-state index in [9.17, 15) is 0 Å². The molecule has 3 rings (SSSR count). The highest BCUT2D eigenvalue weighted by Crippen LogP contribution is 2.35. The van der Waals surface area contributed by atoms with E-state index >= 15 is 0 Å².